The molecular formula is C14H23N3O2S. The highest BCUT2D eigenvalue weighted by molar-refractivity contribution is 7.89. The maximum Gasteiger partial charge on any atom is 0.245 e. The molecule has 0 aliphatic carbocycles. The molecule has 1 aliphatic rings. The molecule has 0 saturated carbocycles. The highest BCUT2D eigenvalue weighted by atomic mass is 32.2. The molecule has 0 bridgehead atoms. The van der Waals surface area contributed by atoms with Crippen LogP contribution in [0.1, 0.15) is 12.8 Å². The Morgan fingerprint density at radius 2 is 1.85 bits per heavy atom. The largest absolute Gasteiger partial charge is 0.387 e. The molecule has 0 unspecified atom stereocenters. The van der Waals surface area contributed by atoms with Gasteiger partial charge in [0.2, 0.25) is 10.0 Å². The van der Waals surface area contributed by atoms with E-state index in [-0.39, 0.29) is 6.04 Å². The second-order valence-corrected chi connectivity index (χ2v) is 7.27. The van der Waals surface area contributed by atoms with Crippen molar-refractivity contribution in [3.63, 3.8) is 0 Å². The van der Waals surface area contributed by atoms with Gasteiger partial charge in [-0.15, -0.1) is 0 Å². The fourth-order valence-electron chi connectivity index (χ4n) is 2.61. The Morgan fingerprint density at radius 1 is 1.25 bits per heavy atom. The summed E-state index contributed by atoms with van der Waals surface area (Å²) in [4.78, 5) is 2.59. The van der Waals surface area contributed by atoms with Crippen LogP contribution in [0.25, 0.3) is 0 Å². The second-order valence-electron chi connectivity index (χ2n) is 5.30. The van der Waals surface area contributed by atoms with Crippen LogP contribution >= 0.6 is 0 Å². The number of benzene rings is 1. The average molecular weight is 297 g/mol. The van der Waals surface area contributed by atoms with Gasteiger partial charge < -0.3 is 10.2 Å². The van der Waals surface area contributed by atoms with Crippen molar-refractivity contribution in [3.8, 4) is 0 Å². The summed E-state index contributed by atoms with van der Waals surface area (Å²) in [6, 6.07) is 7.12. The van der Waals surface area contributed by atoms with E-state index in [1.165, 1.54) is 4.31 Å². The van der Waals surface area contributed by atoms with E-state index in [9.17, 15) is 8.42 Å². The molecule has 1 fully saturated rings. The number of sulfonamides is 1. The molecule has 20 heavy (non-hydrogen) atoms. The summed E-state index contributed by atoms with van der Waals surface area (Å²) >= 11 is 0. The molecule has 1 aliphatic heterocycles. The number of para-hydroxylation sites is 1. The van der Waals surface area contributed by atoms with E-state index < -0.39 is 10.0 Å². The topological polar surface area (TPSA) is 52.7 Å². The average Bonchev–Trinajstić information content (AvgIpc) is 2.47. The van der Waals surface area contributed by atoms with E-state index in [0.29, 0.717) is 10.6 Å². The first-order chi connectivity index (χ1) is 9.46. The van der Waals surface area contributed by atoms with Crippen LogP contribution in [0.4, 0.5) is 5.69 Å². The molecule has 2 rings (SSSR count). The number of hydrogen-bond acceptors (Lipinski definition) is 4. The lowest BCUT2D eigenvalue weighted by Crippen LogP contribution is -2.44. The third kappa shape index (κ3) is 2.97. The summed E-state index contributed by atoms with van der Waals surface area (Å²) in [7, 11) is 2.06. The van der Waals surface area contributed by atoms with Crippen LogP contribution in [-0.4, -0.2) is 57.9 Å². The van der Waals surface area contributed by atoms with Gasteiger partial charge in [-0.25, -0.2) is 8.42 Å². The van der Waals surface area contributed by atoms with Gasteiger partial charge >= 0.3 is 0 Å². The van der Waals surface area contributed by atoms with Crippen molar-refractivity contribution in [1.29, 1.82) is 0 Å². The Balaban J connectivity index is 2.25. The van der Waals surface area contributed by atoms with E-state index in [2.05, 4.69) is 17.3 Å². The molecule has 1 aromatic carbocycles. The normalized spacial score (nSPS) is 18.4. The van der Waals surface area contributed by atoms with E-state index in [1.807, 2.05) is 6.07 Å². The summed E-state index contributed by atoms with van der Waals surface area (Å²) in [6.45, 7) is 1.89. The van der Waals surface area contributed by atoms with E-state index in [1.54, 1.807) is 32.3 Å². The lowest BCUT2D eigenvalue weighted by molar-refractivity contribution is 0.197. The lowest BCUT2D eigenvalue weighted by Gasteiger charge is -2.34. The zero-order valence-electron chi connectivity index (χ0n) is 12.3. The van der Waals surface area contributed by atoms with Crippen LogP contribution in [0.3, 0.4) is 0 Å². The van der Waals surface area contributed by atoms with Crippen molar-refractivity contribution in [3.05, 3.63) is 24.3 Å². The van der Waals surface area contributed by atoms with Crippen molar-refractivity contribution < 1.29 is 8.42 Å². The first-order valence-corrected chi connectivity index (χ1v) is 8.34. The molecule has 6 heteroatoms. The van der Waals surface area contributed by atoms with E-state index in [0.717, 1.165) is 25.9 Å². The molecule has 112 valence electrons. The fraction of sp³-hybridized carbons (Fsp3) is 0.571. The van der Waals surface area contributed by atoms with E-state index >= 15 is 0 Å². The highest BCUT2D eigenvalue weighted by Gasteiger charge is 2.31. The molecule has 0 radical (unpaired) electrons. The molecule has 5 nitrogen and oxygen atoms in total. The minimum Gasteiger partial charge on any atom is -0.387 e. The van der Waals surface area contributed by atoms with Crippen LogP contribution in [0, 0.1) is 0 Å². The molecule has 1 saturated heterocycles. The first kappa shape index (κ1) is 15.3. The van der Waals surface area contributed by atoms with Gasteiger partial charge in [0.05, 0.1) is 5.69 Å². The van der Waals surface area contributed by atoms with Crippen molar-refractivity contribution in [1.82, 2.24) is 9.21 Å². The summed E-state index contributed by atoms with van der Waals surface area (Å²) in [5, 5.41) is 2.95. The molecule has 1 aromatic rings. The Labute approximate surface area is 121 Å². The number of hydrogen-bond donors (Lipinski definition) is 1. The van der Waals surface area contributed by atoms with Crippen molar-refractivity contribution >= 4 is 15.7 Å². The molecule has 1 N–H and O–H groups in total. The van der Waals surface area contributed by atoms with Crippen molar-refractivity contribution in [2.45, 2.75) is 23.8 Å². The Hall–Kier alpha value is -1.11. The molecule has 0 spiro atoms. The zero-order chi connectivity index (χ0) is 14.8. The van der Waals surface area contributed by atoms with Gasteiger partial charge in [0, 0.05) is 20.1 Å². The van der Waals surface area contributed by atoms with Crippen LogP contribution in [0.15, 0.2) is 29.2 Å². The number of nitrogens with one attached hydrogen (secondary N) is 1. The lowest BCUT2D eigenvalue weighted by atomic mass is 10.1. The van der Waals surface area contributed by atoms with Crippen molar-refractivity contribution in [2.75, 3.05) is 39.5 Å². The Morgan fingerprint density at radius 3 is 2.45 bits per heavy atom. The fourth-order valence-corrected chi connectivity index (χ4v) is 4.22. The zero-order valence-corrected chi connectivity index (χ0v) is 13.2. The summed E-state index contributed by atoms with van der Waals surface area (Å²) < 4.78 is 27.1. The van der Waals surface area contributed by atoms with Gasteiger partial charge in [-0.3, -0.25) is 0 Å². The Bertz CT molecular complexity index is 551. The number of likely N-dealkylation sites (tertiary alicyclic amines) is 1. The smallest absolute Gasteiger partial charge is 0.245 e. The SMILES string of the molecule is CNc1ccccc1S(=O)(=O)N(C)C1CCN(C)CC1. The third-order valence-electron chi connectivity index (χ3n) is 4.02. The number of rotatable bonds is 4. The van der Waals surface area contributed by atoms with Gasteiger partial charge in [-0.2, -0.15) is 4.31 Å². The third-order valence-corrected chi connectivity index (χ3v) is 5.98. The summed E-state index contributed by atoms with van der Waals surface area (Å²) in [5.41, 5.74) is 0.646. The first-order valence-electron chi connectivity index (χ1n) is 6.90. The van der Waals surface area contributed by atoms with Crippen LogP contribution in [-0.2, 0) is 10.0 Å². The van der Waals surface area contributed by atoms with Gasteiger partial charge in [-0.05, 0) is 45.1 Å². The molecular weight excluding hydrogens is 274 g/mol. The van der Waals surface area contributed by atoms with Gasteiger partial charge in [0.1, 0.15) is 4.90 Å². The summed E-state index contributed by atoms with van der Waals surface area (Å²) in [6.07, 6.45) is 1.77. The molecule has 0 aromatic heterocycles. The predicted octanol–water partition coefficient (Wildman–Crippen LogP) is 1.44. The van der Waals surface area contributed by atoms with Gasteiger partial charge in [-0.1, -0.05) is 12.1 Å². The maximum absolute atomic E-state index is 12.8. The van der Waals surface area contributed by atoms with Crippen molar-refractivity contribution in [2.24, 2.45) is 0 Å². The van der Waals surface area contributed by atoms with Gasteiger partial charge in [0.15, 0.2) is 0 Å². The molecule has 0 atom stereocenters. The maximum atomic E-state index is 12.8. The predicted molar refractivity (Wildman–Crippen MR) is 81.5 cm³/mol. The Kier molecular flexibility index (Phi) is 4.67. The highest BCUT2D eigenvalue weighted by Crippen LogP contribution is 2.27. The number of anilines is 1. The number of piperidine rings is 1. The van der Waals surface area contributed by atoms with Gasteiger partial charge in [0.25, 0.3) is 0 Å². The van der Waals surface area contributed by atoms with Crippen LogP contribution in [0.2, 0.25) is 0 Å². The summed E-state index contributed by atoms with van der Waals surface area (Å²) in [5.74, 6) is 0. The van der Waals surface area contributed by atoms with Crippen LogP contribution < -0.4 is 5.32 Å². The monoisotopic (exact) mass is 297 g/mol. The standard InChI is InChI=1S/C14H23N3O2S/c1-15-13-6-4-5-7-14(13)20(18,19)17(3)12-8-10-16(2)11-9-12/h4-7,12,15H,8-11H2,1-3H3. The van der Waals surface area contributed by atoms with Crippen LogP contribution in [0.5, 0.6) is 0 Å². The quantitative estimate of drug-likeness (QED) is 0.914. The molecule has 1 heterocycles. The minimum absolute atomic E-state index is 0.0844. The second kappa shape index (κ2) is 6.11. The number of nitrogens with zero attached hydrogens (tertiary/aromatic N) is 2. The molecule has 0 amide bonds. The minimum atomic E-state index is -3.45. The van der Waals surface area contributed by atoms with E-state index in [4.69, 9.17) is 0 Å².